The van der Waals surface area contributed by atoms with Gasteiger partial charge in [-0.1, -0.05) is 72.8 Å². The van der Waals surface area contributed by atoms with Crippen LogP contribution in [-0.2, 0) is 0 Å². The van der Waals surface area contributed by atoms with Crippen molar-refractivity contribution < 1.29 is 4.42 Å². The van der Waals surface area contributed by atoms with E-state index in [4.69, 9.17) is 21.0 Å². The predicted molar refractivity (Wildman–Crippen MR) is 138 cm³/mol. The quantitative estimate of drug-likeness (QED) is 0.263. The molecular weight excluding hydrogens is 442 g/mol. The second-order valence-electron chi connectivity index (χ2n) is 8.29. The molecule has 0 unspecified atom stereocenters. The number of furan rings is 1. The summed E-state index contributed by atoms with van der Waals surface area (Å²) in [6.07, 6.45) is 0. The molecule has 7 aromatic rings. The van der Waals surface area contributed by atoms with Gasteiger partial charge in [0.05, 0.1) is 0 Å². The van der Waals surface area contributed by atoms with Crippen molar-refractivity contribution in [2.24, 2.45) is 0 Å². The Bertz CT molecular complexity index is 1890. The van der Waals surface area contributed by atoms with Gasteiger partial charge in [-0.3, -0.25) is 0 Å². The monoisotopic (exact) mass is 457 g/mol. The lowest BCUT2D eigenvalue weighted by Gasteiger charge is -2.09. The van der Waals surface area contributed by atoms with Gasteiger partial charge in [-0.2, -0.15) is 9.97 Å². The molecule has 5 aromatic carbocycles. The summed E-state index contributed by atoms with van der Waals surface area (Å²) in [6.45, 7) is 0. The maximum atomic E-state index is 6.40. The van der Waals surface area contributed by atoms with Crippen LogP contribution in [0.15, 0.2) is 101 Å². The first kappa shape index (κ1) is 19.2. The summed E-state index contributed by atoms with van der Waals surface area (Å²) in [5.74, 6) is 1.09. The standard InChI is InChI=1S/C29H16ClN3O/c30-29-32-27(20-13-12-17-6-1-2-7-18(17)14-20)31-28(33-29)22-10-5-8-19-15-26-24(16-23(19)22)21-9-3-4-11-25(21)34-26/h1-16H. The maximum absolute atomic E-state index is 6.40. The normalized spacial score (nSPS) is 11.7. The van der Waals surface area contributed by atoms with E-state index in [0.717, 1.165) is 54.6 Å². The molecule has 0 spiro atoms. The van der Waals surface area contributed by atoms with Crippen LogP contribution in [0.5, 0.6) is 0 Å². The smallest absolute Gasteiger partial charge is 0.226 e. The zero-order valence-electron chi connectivity index (χ0n) is 17.9. The van der Waals surface area contributed by atoms with E-state index >= 15 is 0 Å². The Kier molecular flexibility index (Phi) is 4.16. The molecule has 0 aliphatic rings. The van der Waals surface area contributed by atoms with E-state index in [9.17, 15) is 0 Å². The molecular formula is C29H16ClN3O. The van der Waals surface area contributed by atoms with Gasteiger partial charge in [0.1, 0.15) is 11.2 Å². The average molecular weight is 458 g/mol. The summed E-state index contributed by atoms with van der Waals surface area (Å²) in [4.78, 5) is 13.8. The number of nitrogens with zero attached hydrogens (tertiary/aromatic N) is 3. The SMILES string of the molecule is Clc1nc(-c2ccc3ccccc3c2)nc(-c2cccc3cc4oc5ccccc5c4cc23)n1. The minimum Gasteiger partial charge on any atom is -0.456 e. The average Bonchev–Trinajstić information content (AvgIpc) is 3.24. The van der Waals surface area contributed by atoms with Crippen molar-refractivity contribution in [3.63, 3.8) is 0 Å². The minimum absolute atomic E-state index is 0.167. The van der Waals surface area contributed by atoms with Crippen molar-refractivity contribution in [3.8, 4) is 22.8 Å². The first-order valence-corrected chi connectivity index (χ1v) is 11.4. The van der Waals surface area contributed by atoms with Crippen molar-refractivity contribution in [3.05, 3.63) is 102 Å². The molecule has 0 saturated heterocycles. The van der Waals surface area contributed by atoms with Crippen LogP contribution in [0.25, 0.3) is 66.3 Å². The lowest BCUT2D eigenvalue weighted by atomic mass is 10.0. The third-order valence-corrected chi connectivity index (χ3v) is 6.40. The summed E-state index contributed by atoms with van der Waals surface area (Å²) in [7, 11) is 0. The van der Waals surface area contributed by atoms with Crippen LogP contribution in [0.2, 0.25) is 5.28 Å². The summed E-state index contributed by atoms with van der Waals surface area (Å²) < 4.78 is 6.07. The van der Waals surface area contributed by atoms with Crippen molar-refractivity contribution >= 4 is 55.1 Å². The fourth-order valence-electron chi connectivity index (χ4n) is 4.62. The number of benzene rings is 5. The third-order valence-electron chi connectivity index (χ3n) is 6.23. The molecule has 34 heavy (non-hydrogen) atoms. The van der Waals surface area contributed by atoms with Crippen molar-refractivity contribution in [2.45, 2.75) is 0 Å². The van der Waals surface area contributed by atoms with Crippen LogP contribution in [0.3, 0.4) is 0 Å². The molecule has 160 valence electrons. The van der Waals surface area contributed by atoms with Gasteiger partial charge in [-0.25, -0.2) is 4.98 Å². The van der Waals surface area contributed by atoms with Crippen LogP contribution in [0.1, 0.15) is 0 Å². The Hall–Kier alpha value is -4.28. The highest BCUT2D eigenvalue weighted by molar-refractivity contribution is 6.28. The summed E-state index contributed by atoms with van der Waals surface area (Å²) in [5.41, 5.74) is 3.52. The minimum atomic E-state index is 0.167. The summed E-state index contributed by atoms with van der Waals surface area (Å²) >= 11 is 6.40. The van der Waals surface area contributed by atoms with E-state index in [1.165, 1.54) is 0 Å². The number of fused-ring (bicyclic) bond motifs is 5. The molecule has 0 N–H and O–H groups in total. The van der Waals surface area contributed by atoms with E-state index < -0.39 is 0 Å². The topological polar surface area (TPSA) is 51.8 Å². The predicted octanol–water partition coefficient (Wildman–Crippen LogP) is 8.06. The molecule has 0 aliphatic carbocycles. The Balaban J connectivity index is 1.45. The first-order chi connectivity index (χ1) is 16.7. The molecule has 2 heterocycles. The molecule has 0 fully saturated rings. The van der Waals surface area contributed by atoms with Gasteiger partial charge in [0, 0.05) is 21.9 Å². The number of hydrogen-bond acceptors (Lipinski definition) is 4. The fraction of sp³-hybridized carbons (Fsp3) is 0. The number of rotatable bonds is 2. The van der Waals surface area contributed by atoms with Crippen LogP contribution in [0.4, 0.5) is 0 Å². The highest BCUT2D eigenvalue weighted by Crippen LogP contribution is 2.36. The Morgan fingerprint density at radius 2 is 1.32 bits per heavy atom. The first-order valence-electron chi connectivity index (χ1n) is 11.0. The number of hydrogen-bond donors (Lipinski definition) is 0. The molecule has 0 atom stereocenters. The molecule has 0 radical (unpaired) electrons. The second-order valence-corrected chi connectivity index (χ2v) is 8.62. The summed E-state index contributed by atoms with van der Waals surface area (Å²) in [5, 5.41) is 6.68. The number of aromatic nitrogens is 3. The van der Waals surface area contributed by atoms with Crippen molar-refractivity contribution in [1.82, 2.24) is 15.0 Å². The maximum Gasteiger partial charge on any atom is 0.226 e. The van der Waals surface area contributed by atoms with E-state index in [1.807, 2.05) is 48.5 Å². The highest BCUT2D eigenvalue weighted by Gasteiger charge is 2.15. The second kappa shape index (κ2) is 7.37. The zero-order chi connectivity index (χ0) is 22.6. The molecule has 4 nitrogen and oxygen atoms in total. The third kappa shape index (κ3) is 3.04. The van der Waals surface area contributed by atoms with Crippen LogP contribution in [-0.4, -0.2) is 15.0 Å². The Morgan fingerprint density at radius 1 is 0.529 bits per heavy atom. The van der Waals surface area contributed by atoms with Gasteiger partial charge < -0.3 is 4.42 Å². The van der Waals surface area contributed by atoms with E-state index in [-0.39, 0.29) is 5.28 Å². The molecule has 7 rings (SSSR count). The van der Waals surface area contributed by atoms with Crippen molar-refractivity contribution in [1.29, 1.82) is 0 Å². The van der Waals surface area contributed by atoms with Crippen LogP contribution < -0.4 is 0 Å². The molecule has 5 heteroatoms. The molecule has 0 saturated carbocycles. The van der Waals surface area contributed by atoms with E-state index in [0.29, 0.717) is 11.6 Å². The Morgan fingerprint density at radius 3 is 2.26 bits per heavy atom. The zero-order valence-corrected chi connectivity index (χ0v) is 18.6. The van der Waals surface area contributed by atoms with Gasteiger partial charge in [0.25, 0.3) is 0 Å². The largest absolute Gasteiger partial charge is 0.456 e. The molecule has 0 amide bonds. The highest BCUT2D eigenvalue weighted by atomic mass is 35.5. The van der Waals surface area contributed by atoms with Gasteiger partial charge >= 0.3 is 0 Å². The van der Waals surface area contributed by atoms with E-state index in [1.54, 1.807) is 0 Å². The fourth-order valence-corrected chi connectivity index (χ4v) is 4.78. The molecule has 0 aliphatic heterocycles. The molecule has 2 aromatic heterocycles. The van der Waals surface area contributed by atoms with Gasteiger partial charge in [-0.15, -0.1) is 0 Å². The van der Waals surface area contributed by atoms with Crippen LogP contribution >= 0.6 is 11.6 Å². The van der Waals surface area contributed by atoms with Crippen LogP contribution in [0, 0.1) is 0 Å². The van der Waals surface area contributed by atoms with Gasteiger partial charge in [0.2, 0.25) is 5.28 Å². The van der Waals surface area contributed by atoms with Gasteiger partial charge in [0.15, 0.2) is 11.6 Å². The summed E-state index contributed by atoms with van der Waals surface area (Å²) in [6, 6.07) is 32.8. The lowest BCUT2D eigenvalue weighted by Crippen LogP contribution is -1.98. The number of halogens is 1. The lowest BCUT2D eigenvalue weighted by molar-refractivity contribution is 0.669. The number of para-hydroxylation sites is 1. The molecule has 0 bridgehead atoms. The van der Waals surface area contributed by atoms with E-state index in [2.05, 4.69) is 58.5 Å². The van der Waals surface area contributed by atoms with Gasteiger partial charge in [-0.05, 0) is 57.4 Å². The Labute approximate surface area is 199 Å². The van der Waals surface area contributed by atoms with Crippen molar-refractivity contribution in [2.75, 3.05) is 0 Å².